The van der Waals surface area contributed by atoms with Crippen LogP contribution in [0.1, 0.15) is 36.8 Å². The van der Waals surface area contributed by atoms with Crippen LogP contribution in [0.4, 0.5) is 0 Å². The van der Waals surface area contributed by atoms with Crippen LogP contribution >= 0.6 is 0 Å². The molecule has 0 bridgehead atoms. The second-order valence-electron chi connectivity index (χ2n) is 6.98. The highest BCUT2D eigenvalue weighted by Gasteiger charge is 2.40. The van der Waals surface area contributed by atoms with Gasteiger partial charge >= 0.3 is 0 Å². The molecule has 0 spiro atoms. The summed E-state index contributed by atoms with van der Waals surface area (Å²) in [6, 6.07) is 25.3. The average Bonchev–Trinajstić information content (AvgIpc) is 3.18. The van der Waals surface area contributed by atoms with Gasteiger partial charge in [0.05, 0.1) is 5.54 Å². The fourth-order valence-electron chi connectivity index (χ4n) is 4.35. The van der Waals surface area contributed by atoms with E-state index in [2.05, 4.69) is 66.7 Å². The molecule has 126 valence electrons. The Balaban J connectivity index is 1.75. The second kappa shape index (κ2) is 6.72. The molecular formula is C23H23NO. The molecule has 25 heavy (non-hydrogen) atoms. The first-order valence-electron chi connectivity index (χ1n) is 9.08. The van der Waals surface area contributed by atoms with Crippen molar-refractivity contribution in [2.75, 3.05) is 0 Å². The molecule has 0 saturated heterocycles. The maximum Gasteiger partial charge on any atom is 0.210 e. The Morgan fingerprint density at radius 1 is 0.840 bits per heavy atom. The fourth-order valence-corrected chi connectivity index (χ4v) is 4.35. The van der Waals surface area contributed by atoms with Gasteiger partial charge in [0.2, 0.25) is 6.41 Å². The minimum Gasteiger partial charge on any atom is -0.331 e. The third-order valence-electron chi connectivity index (χ3n) is 5.64. The number of benzene rings is 3. The summed E-state index contributed by atoms with van der Waals surface area (Å²) in [7, 11) is 0. The summed E-state index contributed by atoms with van der Waals surface area (Å²) in [4.78, 5) is 14.2. The van der Waals surface area contributed by atoms with Gasteiger partial charge in [-0.25, -0.2) is 0 Å². The van der Waals surface area contributed by atoms with E-state index in [-0.39, 0.29) is 5.54 Å². The Labute approximate surface area is 149 Å². The molecule has 0 radical (unpaired) electrons. The lowest BCUT2D eigenvalue weighted by atomic mass is 9.86. The van der Waals surface area contributed by atoms with E-state index in [0.717, 1.165) is 19.3 Å². The highest BCUT2D eigenvalue weighted by molar-refractivity contribution is 5.85. The van der Waals surface area contributed by atoms with E-state index in [9.17, 15) is 4.79 Å². The zero-order valence-electron chi connectivity index (χ0n) is 14.4. The summed E-state index contributed by atoms with van der Waals surface area (Å²) in [5.41, 5.74) is 2.31. The van der Waals surface area contributed by atoms with Gasteiger partial charge in [0.25, 0.3) is 0 Å². The molecule has 1 fully saturated rings. The Morgan fingerprint density at radius 3 is 2.28 bits per heavy atom. The number of hydrogen-bond donors (Lipinski definition) is 0. The van der Waals surface area contributed by atoms with Gasteiger partial charge in [0.1, 0.15) is 0 Å². The van der Waals surface area contributed by atoms with Crippen molar-refractivity contribution in [3.05, 3.63) is 83.9 Å². The Morgan fingerprint density at radius 2 is 1.52 bits per heavy atom. The predicted molar refractivity (Wildman–Crippen MR) is 102 cm³/mol. The smallest absolute Gasteiger partial charge is 0.210 e. The highest BCUT2D eigenvalue weighted by atomic mass is 16.1. The maximum atomic E-state index is 12.1. The molecule has 0 unspecified atom stereocenters. The van der Waals surface area contributed by atoms with E-state index in [4.69, 9.17) is 0 Å². The van der Waals surface area contributed by atoms with Crippen LogP contribution in [-0.4, -0.2) is 11.3 Å². The van der Waals surface area contributed by atoms with E-state index in [1.807, 2.05) is 11.0 Å². The molecule has 2 heteroatoms. The van der Waals surface area contributed by atoms with Crippen LogP contribution < -0.4 is 0 Å². The lowest BCUT2D eigenvalue weighted by Gasteiger charge is -2.40. The van der Waals surface area contributed by atoms with Gasteiger partial charge in [0.15, 0.2) is 0 Å². The molecule has 1 saturated carbocycles. The van der Waals surface area contributed by atoms with Gasteiger partial charge < -0.3 is 4.90 Å². The van der Waals surface area contributed by atoms with Crippen LogP contribution in [0.3, 0.4) is 0 Å². The number of hydrogen-bond acceptors (Lipinski definition) is 1. The van der Waals surface area contributed by atoms with Crippen LogP contribution in [-0.2, 0) is 16.9 Å². The minimum absolute atomic E-state index is 0.167. The summed E-state index contributed by atoms with van der Waals surface area (Å²) in [5, 5.41) is 2.46. The standard InChI is InChI=1S/C23H23NO/c25-18-24(17-20-11-8-10-19-9-4-5-14-22(19)20)23(15-6-7-16-23)21-12-2-1-3-13-21/h1-5,8-14,18H,6-7,15-17H2. The zero-order chi connectivity index (χ0) is 17.1. The van der Waals surface area contributed by atoms with Crippen molar-refractivity contribution in [3.63, 3.8) is 0 Å². The SMILES string of the molecule is O=CN(Cc1cccc2ccccc12)C1(c2ccccc2)CCCC1. The van der Waals surface area contributed by atoms with Gasteiger partial charge in [-0.1, -0.05) is 85.6 Å². The monoisotopic (exact) mass is 329 g/mol. The van der Waals surface area contributed by atoms with Crippen LogP contribution in [0.5, 0.6) is 0 Å². The van der Waals surface area contributed by atoms with E-state index in [0.29, 0.717) is 6.54 Å². The summed E-state index contributed by atoms with van der Waals surface area (Å²) in [6.45, 7) is 0.653. The van der Waals surface area contributed by atoms with E-state index in [1.165, 1.54) is 34.7 Å². The first-order valence-corrected chi connectivity index (χ1v) is 9.08. The number of carbonyl (C=O) groups excluding carboxylic acids is 1. The molecule has 1 aliphatic rings. The molecule has 0 aromatic heterocycles. The Bertz CT molecular complexity index is 860. The molecule has 0 aliphatic heterocycles. The molecule has 1 aliphatic carbocycles. The Kier molecular flexibility index (Phi) is 4.27. The molecule has 0 heterocycles. The van der Waals surface area contributed by atoms with Crippen LogP contribution in [0.15, 0.2) is 72.8 Å². The van der Waals surface area contributed by atoms with Crippen LogP contribution in [0, 0.1) is 0 Å². The third kappa shape index (κ3) is 2.82. The van der Waals surface area contributed by atoms with Gasteiger partial charge in [-0.3, -0.25) is 4.79 Å². The normalized spacial score (nSPS) is 16.0. The summed E-state index contributed by atoms with van der Waals surface area (Å²) >= 11 is 0. The van der Waals surface area contributed by atoms with Crippen molar-refractivity contribution in [3.8, 4) is 0 Å². The number of carbonyl (C=O) groups is 1. The van der Waals surface area contributed by atoms with E-state index in [1.54, 1.807) is 0 Å². The molecule has 3 aromatic rings. The molecule has 0 N–H and O–H groups in total. The van der Waals surface area contributed by atoms with Crippen molar-refractivity contribution in [1.29, 1.82) is 0 Å². The highest BCUT2D eigenvalue weighted by Crippen LogP contribution is 2.44. The average molecular weight is 329 g/mol. The minimum atomic E-state index is -0.167. The summed E-state index contributed by atoms with van der Waals surface area (Å²) in [6.07, 6.45) is 5.49. The molecule has 1 amide bonds. The van der Waals surface area contributed by atoms with Gasteiger partial charge in [-0.2, -0.15) is 0 Å². The van der Waals surface area contributed by atoms with E-state index < -0.39 is 0 Å². The second-order valence-corrected chi connectivity index (χ2v) is 6.98. The number of amides is 1. The quantitative estimate of drug-likeness (QED) is 0.584. The van der Waals surface area contributed by atoms with Crippen LogP contribution in [0.2, 0.25) is 0 Å². The number of nitrogens with zero attached hydrogens (tertiary/aromatic N) is 1. The molecule has 3 aromatic carbocycles. The lowest BCUT2D eigenvalue weighted by Crippen LogP contribution is -2.43. The molecule has 4 rings (SSSR count). The summed E-state index contributed by atoms with van der Waals surface area (Å²) < 4.78 is 0. The van der Waals surface area contributed by atoms with Crippen molar-refractivity contribution >= 4 is 17.2 Å². The van der Waals surface area contributed by atoms with Crippen LogP contribution in [0.25, 0.3) is 10.8 Å². The molecule has 0 atom stereocenters. The summed E-state index contributed by atoms with van der Waals surface area (Å²) in [5.74, 6) is 0. The van der Waals surface area contributed by atoms with Crippen molar-refractivity contribution in [2.24, 2.45) is 0 Å². The van der Waals surface area contributed by atoms with Gasteiger partial charge in [0, 0.05) is 6.54 Å². The van der Waals surface area contributed by atoms with Crippen molar-refractivity contribution in [2.45, 2.75) is 37.8 Å². The first kappa shape index (κ1) is 15.9. The maximum absolute atomic E-state index is 12.1. The lowest BCUT2D eigenvalue weighted by molar-refractivity contribution is -0.125. The van der Waals surface area contributed by atoms with Gasteiger partial charge in [-0.15, -0.1) is 0 Å². The van der Waals surface area contributed by atoms with Crippen molar-refractivity contribution < 1.29 is 4.79 Å². The Hall–Kier alpha value is -2.61. The largest absolute Gasteiger partial charge is 0.331 e. The third-order valence-corrected chi connectivity index (χ3v) is 5.64. The zero-order valence-corrected chi connectivity index (χ0v) is 14.4. The predicted octanol–water partition coefficient (Wildman–Crippen LogP) is 5.27. The number of fused-ring (bicyclic) bond motifs is 1. The topological polar surface area (TPSA) is 20.3 Å². The van der Waals surface area contributed by atoms with Crippen molar-refractivity contribution in [1.82, 2.24) is 4.90 Å². The van der Waals surface area contributed by atoms with Gasteiger partial charge in [-0.05, 0) is 34.7 Å². The number of rotatable bonds is 5. The molecule has 2 nitrogen and oxygen atoms in total. The molecular weight excluding hydrogens is 306 g/mol. The van der Waals surface area contributed by atoms with E-state index >= 15 is 0 Å². The first-order chi connectivity index (χ1) is 12.3. The fraction of sp³-hybridized carbons (Fsp3) is 0.261.